The second-order valence-corrected chi connectivity index (χ2v) is 5.47. The molecule has 0 aliphatic rings. The first-order valence-electron chi connectivity index (χ1n) is 7.66. The molecule has 2 aromatic carbocycles. The van der Waals surface area contributed by atoms with Gasteiger partial charge < -0.3 is 10.6 Å². The Kier molecular flexibility index (Phi) is 4.52. The topological polar surface area (TPSA) is 66.9 Å². The van der Waals surface area contributed by atoms with E-state index in [2.05, 4.69) is 20.6 Å². The van der Waals surface area contributed by atoms with Gasteiger partial charge in [0, 0.05) is 35.6 Å². The number of benzene rings is 2. The average Bonchev–Trinajstić information content (AvgIpc) is 2.56. The lowest BCUT2D eigenvalue weighted by Crippen LogP contribution is -2.05. The zero-order chi connectivity index (χ0) is 16.9. The minimum Gasteiger partial charge on any atom is -0.340 e. The van der Waals surface area contributed by atoms with Crippen molar-refractivity contribution >= 4 is 23.1 Å². The highest BCUT2D eigenvalue weighted by Crippen LogP contribution is 2.21. The van der Waals surface area contributed by atoms with E-state index in [0.29, 0.717) is 5.82 Å². The maximum Gasteiger partial charge on any atom is 0.221 e. The van der Waals surface area contributed by atoms with Crippen LogP contribution in [0.5, 0.6) is 0 Å². The fourth-order valence-corrected chi connectivity index (χ4v) is 2.34. The number of carbonyl (C=O) groups excluding carboxylic acids is 1. The van der Waals surface area contributed by atoms with Crippen molar-refractivity contribution in [3.05, 3.63) is 66.4 Å². The van der Waals surface area contributed by atoms with Gasteiger partial charge in [-0.15, -0.1) is 0 Å². The van der Waals surface area contributed by atoms with Crippen molar-refractivity contribution < 1.29 is 4.79 Å². The summed E-state index contributed by atoms with van der Waals surface area (Å²) in [6.07, 6.45) is 0. The van der Waals surface area contributed by atoms with Gasteiger partial charge in [0.1, 0.15) is 5.82 Å². The number of rotatable bonds is 4. The van der Waals surface area contributed by atoms with Crippen LogP contribution in [0.4, 0.5) is 17.2 Å². The molecule has 120 valence electrons. The minimum atomic E-state index is -0.0883. The van der Waals surface area contributed by atoms with Crippen LogP contribution in [0.3, 0.4) is 0 Å². The van der Waals surface area contributed by atoms with E-state index in [1.165, 1.54) is 6.92 Å². The summed E-state index contributed by atoms with van der Waals surface area (Å²) in [5.74, 6) is 1.33. The van der Waals surface area contributed by atoms with Crippen LogP contribution in [0.15, 0.2) is 60.7 Å². The predicted octanol–water partition coefficient (Wildman–Crippen LogP) is 4.15. The molecule has 0 spiro atoms. The highest BCUT2D eigenvalue weighted by molar-refractivity contribution is 5.88. The standard InChI is InChI=1S/C19H18N4O/c1-13-12-18(23-19(20-13)15-6-4-3-5-7-15)22-17-10-8-16(9-11-17)21-14(2)24/h3-12H,1-2H3,(H,21,24)(H,20,22,23). The van der Waals surface area contributed by atoms with Crippen LogP contribution in [-0.2, 0) is 4.79 Å². The second-order valence-electron chi connectivity index (χ2n) is 5.47. The summed E-state index contributed by atoms with van der Waals surface area (Å²) < 4.78 is 0. The Morgan fingerprint density at radius 2 is 1.58 bits per heavy atom. The first kappa shape index (κ1) is 15.7. The molecule has 0 radical (unpaired) electrons. The fourth-order valence-electron chi connectivity index (χ4n) is 2.34. The van der Waals surface area contributed by atoms with Gasteiger partial charge in [0.2, 0.25) is 5.91 Å². The molecule has 0 unspecified atom stereocenters. The summed E-state index contributed by atoms with van der Waals surface area (Å²) >= 11 is 0. The second kappa shape index (κ2) is 6.91. The van der Waals surface area contributed by atoms with Crippen LogP contribution in [0.2, 0.25) is 0 Å². The van der Waals surface area contributed by atoms with Gasteiger partial charge in [0.25, 0.3) is 0 Å². The third-order valence-electron chi connectivity index (χ3n) is 3.36. The molecular formula is C19H18N4O. The molecule has 5 nitrogen and oxygen atoms in total. The van der Waals surface area contributed by atoms with Gasteiger partial charge in [-0.2, -0.15) is 0 Å². The van der Waals surface area contributed by atoms with E-state index < -0.39 is 0 Å². The number of aromatic nitrogens is 2. The number of hydrogen-bond acceptors (Lipinski definition) is 4. The Balaban J connectivity index is 1.82. The Morgan fingerprint density at radius 1 is 0.917 bits per heavy atom. The molecule has 24 heavy (non-hydrogen) atoms. The Hall–Kier alpha value is -3.21. The number of amides is 1. The number of anilines is 3. The lowest BCUT2D eigenvalue weighted by atomic mass is 10.2. The van der Waals surface area contributed by atoms with Crippen molar-refractivity contribution in [1.82, 2.24) is 9.97 Å². The molecule has 2 N–H and O–H groups in total. The zero-order valence-corrected chi connectivity index (χ0v) is 13.6. The van der Waals surface area contributed by atoms with Crippen molar-refractivity contribution in [2.45, 2.75) is 13.8 Å². The van der Waals surface area contributed by atoms with Crippen molar-refractivity contribution in [2.75, 3.05) is 10.6 Å². The molecule has 0 atom stereocenters. The van der Waals surface area contributed by atoms with E-state index in [1.807, 2.05) is 67.6 Å². The number of nitrogens with zero attached hydrogens (tertiary/aromatic N) is 2. The first-order valence-corrected chi connectivity index (χ1v) is 7.66. The fraction of sp³-hybridized carbons (Fsp3) is 0.105. The smallest absolute Gasteiger partial charge is 0.221 e. The van der Waals surface area contributed by atoms with Crippen LogP contribution in [0.25, 0.3) is 11.4 Å². The van der Waals surface area contributed by atoms with Crippen LogP contribution < -0.4 is 10.6 Å². The van der Waals surface area contributed by atoms with Gasteiger partial charge in [0.05, 0.1) is 0 Å². The molecule has 5 heteroatoms. The van der Waals surface area contributed by atoms with Crippen LogP contribution in [0.1, 0.15) is 12.6 Å². The maximum absolute atomic E-state index is 11.1. The number of carbonyl (C=O) groups is 1. The summed E-state index contributed by atoms with van der Waals surface area (Å²) in [6.45, 7) is 3.43. The monoisotopic (exact) mass is 318 g/mol. The molecule has 1 amide bonds. The molecule has 0 saturated heterocycles. The lowest BCUT2D eigenvalue weighted by molar-refractivity contribution is -0.114. The van der Waals surface area contributed by atoms with Crippen molar-refractivity contribution in [3.63, 3.8) is 0 Å². The number of nitrogens with one attached hydrogen (secondary N) is 2. The summed E-state index contributed by atoms with van der Waals surface area (Å²) in [6, 6.07) is 19.2. The average molecular weight is 318 g/mol. The summed E-state index contributed by atoms with van der Waals surface area (Å²) in [5.41, 5.74) is 3.52. The molecular weight excluding hydrogens is 300 g/mol. The van der Waals surface area contributed by atoms with Gasteiger partial charge in [0.15, 0.2) is 5.82 Å². The molecule has 3 rings (SSSR count). The largest absolute Gasteiger partial charge is 0.340 e. The molecule has 0 bridgehead atoms. The first-order chi connectivity index (χ1) is 11.6. The van der Waals surface area contributed by atoms with E-state index in [-0.39, 0.29) is 5.91 Å². The minimum absolute atomic E-state index is 0.0883. The van der Waals surface area contributed by atoms with Crippen LogP contribution in [-0.4, -0.2) is 15.9 Å². The van der Waals surface area contributed by atoms with Crippen LogP contribution >= 0.6 is 0 Å². The van der Waals surface area contributed by atoms with Gasteiger partial charge in [-0.3, -0.25) is 4.79 Å². The van der Waals surface area contributed by atoms with Gasteiger partial charge >= 0.3 is 0 Å². The molecule has 1 heterocycles. The van der Waals surface area contributed by atoms with E-state index in [9.17, 15) is 4.79 Å². The quantitative estimate of drug-likeness (QED) is 0.758. The number of hydrogen-bond donors (Lipinski definition) is 2. The molecule has 1 aromatic heterocycles. The SMILES string of the molecule is CC(=O)Nc1ccc(Nc2cc(C)nc(-c3ccccc3)n2)cc1. The van der Waals surface area contributed by atoms with Crippen LogP contribution in [0, 0.1) is 6.92 Å². The summed E-state index contributed by atoms with van der Waals surface area (Å²) in [7, 11) is 0. The lowest BCUT2D eigenvalue weighted by Gasteiger charge is -2.09. The highest BCUT2D eigenvalue weighted by Gasteiger charge is 2.05. The van der Waals surface area contributed by atoms with Gasteiger partial charge in [-0.25, -0.2) is 9.97 Å². The Morgan fingerprint density at radius 3 is 2.25 bits per heavy atom. The summed E-state index contributed by atoms with van der Waals surface area (Å²) in [4.78, 5) is 20.1. The summed E-state index contributed by atoms with van der Waals surface area (Å²) in [5, 5.41) is 6.01. The normalized spacial score (nSPS) is 10.2. The maximum atomic E-state index is 11.1. The van der Waals surface area contributed by atoms with E-state index >= 15 is 0 Å². The van der Waals surface area contributed by atoms with Gasteiger partial charge in [-0.1, -0.05) is 30.3 Å². The molecule has 0 saturated carbocycles. The van der Waals surface area contributed by atoms with Gasteiger partial charge in [-0.05, 0) is 31.2 Å². The third kappa shape index (κ3) is 3.95. The van der Waals surface area contributed by atoms with E-state index in [0.717, 1.165) is 28.5 Å². The number of aryl methyl sites for hydroxylation is 1. The molecule has 0 aliphatic heterocycles. The molecule has 0 aliphatic carbocycles. The van der Waals surface area contributed by atoms with Crippen molar-refractivity contribution in [2.24, 2.45) is 0 Å². The molecule has 3 aromatic rings. The zero-order valence-electron chi connectivity index (χ0n) is 13.6. The third-order valence-corrected chi connectivity index (χ3v) is 3.36. The van der Waals surface area contributed by atoms with Crippen molar-refractivity contribution in [1.29, 1.82) is 0 Å². The Bertz CT molecular complexity index is 845. The predicted molar refractivity (Wildman–Crippen MR) is 96.2 cm³/mol. The Labute approximate surface area is 140 Å². The molecule has 0 fully saturated rings. The van der Waals surface area contributed by atoms with E-state index in [1.54, 1.807) is 0 Å². The van der Waals surface area contributed by atoms with E-state index in [4.69, 9.17) is 0 Å². The van der Waals surface area contributed by atoms with Crippen molar-refractivity contribution in [3.8, 4) is 11.4 Å². The highest BCUT2D eigenvalue weighted by atomic mass is 16.1.